The van der Waals surface area contributed by atoms with Gasteiger partial charge in [0.15, 0.2) is 0 Å². The van der Waals surface area contributed by atoms with Crippen LogP contribution in [0.5, 0.6) is 5.88 Å². The number of aromatic nitrogens is 2. The summed E-state index contributed by atoms with van der Waals surface area (Å²) in [4.78, 5) is 25.0. The summed E-state index contributed by atoms with van der Waals surface area (Å²) < 4.78 is 7.38. The number of esters is 1. The van der Waals surface area contributed by atoms with Crippen LogP contribution in [-0.4, -0.2) is 21.7 Å². The molecule has 1 N–H and O–H groups in total. The Morgan fingerprint density at radius 2 is 1.82 bits per heavy atom. The van der Waals surface area contributed by atoms with Crippen LogP contribution in [0.1, 0.15) is 47.6 Å². The van der Waals surface area contributed by atoms with E-state index in [0.717, 1.165) is 28.1 Å². The number of amides is 1. The molecular weight excluding hydrogens is 434 g/mol. The Morgan fingerprint density at radius 1 is 1.06 bits per heavy atom. The van der Waals surface area contributed by atoms with E-state index in [2.05, 4.69) is 19.2 Å². The number of nitrogens with zero attached hydrogens (tertiary/aromatic N) is 2. The Balaban J connectivity index is 1.77. The van der Waals surface area contributed by atoms with Crippen LogP contribution < -0.4 is 10.1 Å². The number of aryl methyl sites for hydroxylation is 1. The monoisotopic (exact) mass is 459 g/mol. The van der Waals surface area contributed by atoms with Gasteiger partial charge in [-0.3, -0.25) is 9.59 Å². The van der Waals surface area contributed by atoms with Gasteiger partial charge in [0, 0.05) is 12.6 Å². The molecule has 0 unspecified atom stereocenters. The lowest BCUT2D eigenvalue weighted by atomic mass is 9.99. The highest BCUT2D eigenvalue weighted by atomic mass is 32.1. The second kappa shape index (κ2) is 9.42. The number of benzene rings is 2. The Hall–Kier alpha value is -3.71. The first-order valence-corrected chi connectivity index (χ1v) is 11.5. The molecule has 0 radical (unpaired) electrons. The maximum absolute atomic E-state index is 12.4. The number of thiophene rings is 1. The molecule has 168 valence electrons. The highest BCUT2D eigenvalue weighted by molar-refractivity contribution is 7.12. The molecule has 0 atom stereocenters. The van der Waals surface area contributed by atoms with Crippen molar-refractivity contribution in [2.24, 2.45) is 0 Å². The minimum absolute atomic E-state index is 0.0959. The Labute approximate surface area is 196 Å². The quantitative estimate of drug-likeness (QED) is 0.348. The number of carbonyl (C=O) groups excluding carboxylic acids is 2. The Bertz CT molecular complexity index is 1290. The average molecular weight is 460 g/mol. The number of anilines is 1. The lowest BCUT2D eigenvalue weighted by Gasteiger charge is -2.11. The smallest absolute Gasteiger partial charge is 0.309 e. The molecule has 0 aliphatic carbocycles. The molecule has 4 rings (SSSR count). The molecule has 2 aromatic heterocycles. The van der Waals surface area contributed by atoms with Crippen LogP contribution in [0.4, 0.5) is 5.69 Å². The van der Waals surface area contributed by atoms with Crippen molar-refractivity contribution >= 4 is 28.9 Å². The van der Waals surface area contributed by atoms with Crippen molar-refractivity contribution in [3.8, 4) is 22.7 Å². The molecule has 0 aliphatic rings. The van der Waals surface area contributed by atoms with Crippen molar-refractivity contribution in [2.45, 2.75) is 33.6 Å². The van der Waals surface area contributed by atoms with Crippen molar-refractivity contribution < 1.29 is 14.3 Å². The van der Waals surface area contributed by atoms with Crippen molar-refractivity contribution in [1.82, 2.24) is 9.78 Å². The van der Waals surface area contributed by atoms with Gasteiger partial charge in [-0.05, 0) is 59.7 Å². The van der Waals surface area contributed by atoms with Gasteiger partial charge in [0.1, 0.15) is 0 Å². The molecule has 0 saturated carbocycles. The molecule has 0 fully saturated rings. The topological polar surface area (TPSA) is 73.2 Å². The number of ether oxygens (including phenoxy) is 1. The first-order valence-electron chi connectivity index (χ1n) is 10.7. The summed E-state index contributed by atoms with van der Waals surface area (Å²) in [6.45, 7) is 7.50. The van der Waals surface area contributed by atoms with Gasteiger partial charge in [0.05, 0.1) is 21.8 Å². The highest BCUT2D eigenvalue weighted by Gasteiger charge is 2.25. The molecule has 7 heteroatoms. The third-order valence-electron chi connectivity index (χ3n) is 5.08. The minimum atomic E-state index is -0.416. The molecule has 2 aromatic carbocycles. The van der Waals surface area contributed by atoms with Crippen LogP contribution in [0.3, 0.4) is 0 Å². The van der Waals surface area contributed by atoms with Crippen LogP contribution in [-0.2, 0) is 4.79 Å². The molecule has 0 bridgehead atoms. The largest absolute Gasteiger partial charge is 0.407 e. The third-order valence-corrected chi connectivity index (χ3v) is 5.95. The van der Waals surface area contributed by atoms with Gasteiger partial charge >= 0.3 is 5.97 Å². The fraction of sp³-hybridized carbons (Fsp3) is 0.192. The maximum Gasteiger partial charge on any atom is 0.309 e. The van der Waals surface area contributed by atoms with Gasteiger partial charge in [-0.25, -0.2) is 0 Å². The zero-order valence-corrected chi connectivity index (χ0v) is 19.8. The van der Waals surface area contributed by atoms with Crippen LogP contribution >= 0.6 is 11.3 Å². The standard InChI is InChI=1S/C26H25N3O3S/c1-16(2)24-23(19-10-12-20(13-11-19)27-25(31)22-9-6-14-33-22)26(32-18(4)30)29(28-24)21-8-5-7-17(3)15-21/h5-16H,1-4H3,(H,27,31). The number of rotatable bonds is 6. The molecule has 0 saturated heterocycles. The van der Waals surface area contributed by atoms with Gasteiger partial charge in [-0.15, -0.1) is 11.3 Å². The van der Waals surface area contributed by atoms with E-state index < -0.39 is 5.97 Å². The van der Waals surface area contributed by atoms with Gasteiger partial charge in [0.2, 0.25) is 5.88 Å². The molecule has 4 aromatic rings. The maximum atomic E-state index is 12.4. The van der Waals surface area contributed by atoms with E-state index in [9.17, 15) is 9.59 Å². The summed E-state index contributed by atoms with van der Waals surface area (Å²) in [5.74, 6) is -0.0839. The summed E-state index contributed by atoms with van der Waals surface area (Å²) in [5, 5.41) is 9.60. The normalized spacial score (nSPS) is 10.9. The molecule has 33 heavy (non-hydrogen) atoms. The van der Waals surface area contributed by atoms with Crippen molar-refractivity contribution in [3.05, 3.63) is 82.2 Å². The third kappa shape index (κ3) is 4.88. The van der Waals surface area contributed by atoms with E-state index in [1.165, 1.54) is 18.3 Å². The summed E-state index contributed by atoms with van der Waals surface area (Å²) in [5.41, 5.74) is 5.02. The zero-order chi connectivity index (χ0) is 23.5. The minimum Gasteiger partial charge on any atom is -0.407 e. The zero-order valence-electron chi connectivity index (χ0n) is 19.0. The van der Waals surface area contributed by atoms with Crippen molar-refractivity contribution in [3.63, 3.8) is 0 Å². The molecule has 0 spiro atoms. The van der Waals surface area contributed by atoms with E-state index in [4.69, 9.17) is 9.84 Å². The van der Waals surface area contributed by atoms with Crippen LogP contribution in [0, 0.1) is 6.92 Å². The number of nitrogens with one attached hydrogen (secondary N) is 1. The van der Waals surface area contributed by atoms with E-state index in [1.807, 2.05) is 66.9 Å². The summed E-state index contributed by atoms with van der Waals surface area (Å²) >= 11 is 1.39. The second-order valence-electron chi connectivity index (χ2n) is 8.07. The SMILES string of the molecule is CC(=O)Oc1c(-c2ccc(NC(=O)c3cccs3)cc2)c(C(C)C)nn1-c1cccc(C)c1. The van der Waals surface area contributed by atoms with Crippen molar-refractivity contribution in [1.29, 1.82) is 0 Å². The predicted molar refractivity (Wildman–Crippen MR) is 131 cm³/mol. The van der Waals surface area contributed by atoms with Gasteiger partial charge in [-0.2, -0.15) is 9.78 Å². The van der Waals surface area contributed by atoms with Gasteiger partial charge in [0.25, 0.3) is 5.91 Å². The number of hydrogen-bond acceptors (Lipinski definition) is 5. The van der Waals surface area contributed by atoms with Gasteiger partial charge < -0.3 is 10.1 Å². The summed E-state index contributed by atoms with van der Waals surface area (Å²) in [6.07, 6.45) is 0. The first kappa shape index (κ1) is 22.5. The molecule has 2 heterocycles. The second-order valence-corrected chi connectivity index (χ2v) is 9.02. The fourth-order valence-corrected chi connectivity index (χ4v) is 4.20. The lowest BCUT2D eigenvalue weighted by Crippen LogP contribution is -2.10. The van der Waals surface area contributed by atoms with Crippen molar-refractivity contribution in [2.75, 3.05) is 5.32 Å². The Kier molecular flexibility index (Phi) is 6.42. The van der Waals surface area contributed by atoms with E-state index in [-0.39, 0.29) is 11.8 Å². The molecule has 6 nitrogen and oxygen atoms in total. The number of hydrogen-bond donors (Lipinski definition) is 1. The molecule has 0 aliphatic heterocycles. The van der Waals surface area contributed by atoms with E-state index in [1.54, 1.807) is 10.7 Å². The average Bonchev–Trinajstić information content (AvgIpc) is 3.43. The van der Waals surface area contributed by atoms with Crippen LogP contribution in [0.2, 0.25) is 0 Å². The molecular formula is C26H25N3O3S. The van der Waals surface area contributed by atoms with Gasteiger partial charge in [-0.1, -0.05) is 44.2 Å². The lowest BCUT2D eigenvalue weighted by molar-refractivity contribution is -0.132. The highest BCUT2D eigenvalue weighted by Crippen LogP contribution is 2.39. The first-order chi connectivity index (χ1) is 15.8. The summed E-state index contributed by atoms with van der Waals surface area (Å²) in [6, 6.07) is 19.0. The van der Waals surface area contributed by atoms with Crippen LogP contribution in [0.25, 0.3) is 16.8 Å². The van der Waals surface area contributed by atoms with Crippen LogP contribution in [0.15, 0.2) is 66.0 Å². The van der Waals surface area contributed by atoms with E-state index in [0.29, 0.717) is 16.4 Å². The van der Waals surface area contributed by atoms with E-state index >= 15 is 0 Å². The predicted octanol–water partition coefficient (Wildman–Crippen LogP) is 6.21. The summed E-state index contributed by atoms with van der Waals surface area (Å²) in [7, 11) is 0. The Morgan fingerprint density at radius 3 is 2.42 bits per heavy atom. The fourth-order valence-electron chi connectivity index (χ4n) is 3.58. The number of carbonyl (C=O) groups is 2. The molecule has 1 amide bonds.